The zero-order chi connectivity index (χ0) is 32.9. The minimum atomic E-state index is -0.00223. The van der Waals surface area contributed by atoms with Gasteiger partial charge in [-0.2, -0.15) is 0 Å². The van der Waals surface area contributed by atoms with Crippen LogP contribution in [0.3, 0.4) is 0 Å². The summed E-state index contributed by atoms with van der Waals surface area (Å²) in [4.78, 5) is 0. The van der Waals surface area contributed by atoms with Gasteiger partial charge in [0, 0.05) is 0 Å². The Morgan fingerprint density at radius 3 is 1.04 bits per heavy atom. The van der Waals surface area contributed by atoms with Crippen molar-refractivity contribution in [3.63, 3.8) is 0 Å². The Morgan fingerprint density at radius 1 is 0.354 bits per heavy atom. The second kappa shape index (κ2) is 13.8. The van der Waals surface area contributed by atoms with Gasteiger partial charge in [-0.05, 0) is 121 Å². The molecular weight excluding hydrogens is 588 g/mol. The molecule has 0 aliphatic heterocycles. The molecule has 0 aliphatic rings. The zero-order valence-corrected chi connectivity index (χ0v) is 27.1. The summed E-state index contributed by atoms with van der Waals surface area (Å²) in [7, 11) is 3.41. The zero-order valence-electron chi connectivity index (χ0n) is 27.1. The highest BCUT2D eigenvalue weighted by Gasteiger charge is 2.16. The lowest BCUT2D eigenvalue weighted by atomic mass is 9.86. The molecule has 0 unspecified atom stereocenters. The molecule has 48 heavy (non-hydrogen) atoms. The standard InChI is InChI=1S/C45H36O3/c1-47-38-16-10-14-33(28-38)41-19-4-7-22-44(41)36-25-35(43-21-6-3-18-40(43)32-13-9-12-31(24-32)30-46)26-37(27-36)45-23-8-5-20-42(45)34-15-11-17-39(29-34)48-2/h3-29,46H,30H2,1-2H3. The van der Waals surface area contributed by atoms with E-state index in [2.05, 4.69) is 127 Å². The lowest BCUT2D eigenvalue weighted by Crippen LogP contribution is -1.93. The molecular formula is C45H36O3. The Hall–Kier alpha value is -5.90. The average Bonchev–Trinajstić information content (AvgIpc) is 3.17. The number of benzene rings is 7. The van der Waals surface area contributed by atoms with Gasteiger partial charge in [0.05, 0.1) is 20.8 Å². The van der Waals surface area contributed by atoms with E-state index in [0.717, 1.165) is 83.8 Å². The summed E-state index contributed by atoms with van der Waals surface area (Å²) in [6, 6.07) is 57.1. The average molecular weight is 625 g/mol. The molecule has 0 heterocycles. The molecule has 0 aliphatic carbocycles. The first-order chi connectivity index (χ1) is 23.6. The van der Waals surface area contributed by atoms with E-state index in [1.165, 1.54) is 0 Å². The van der Waals surface area contributed by atoms with Crippen molar-refractivity contribution in [2.75, 3.05) is 14.2 Å². The Kier molecular flexibility index (Phi) is 8.86. The minimum Gasteiger partial charge on any atom is -0.497 e. The summed E-state index contributed by atoms with van der Waals surface area (Å²) in [6.07, 6.45) is 0. The first-order valence-electron chi connectivity index (χ1n) is 16.1. The van der Waals surface area contributed by atoms with Crippen LogP contribution in [0.1, 0.15) is 5.56 Å². The summed E-state index contributed by atoms with van der Waals surface area (Å²) in [6.45, 7) is -0.00223. The lowest BCUT2D eigenvalue weighted by molar-refractivity contribution is 0.282. The molecule has 0 spiro atoms. The van der Waals surface area contributed by atoms with E-state index in [1.807, 2.05) is 36.4 Å². The third-order valence-corrected chi connectivity index (χ3v) is 8.83. The summed E-state index contributed by atoms with van der Waals surface area (Å²) >= 11 is 0. The molecule has 234 valence electrons. The molecule has 3 nitrogen and oxygen atoms in total. The minimum absolute atomic E-state index is 0.00223. The monoisotopic (exact) mass is 624 g/mol. The maximum Gasteiger partial charge on any atom is 0.119 e. The van der Waals surface area contributed by atoms with Crippen LogP contribution in [0.5, 0.6) is 11.5 Å². The first kappa shape index (κ1) is 30.7. The van der Waals surface area contributed by atoms with Crippen LogP contribution in [0.4, 0.5) is 0 Å². The molecule has 7 aromatic carbocycles. The molecule has 0 saturated heterocycles. The van der Waals surface area contributed by atoms with E-state index in [-0.39, 0.29) is 6.61 Å². The molecule has 7 aromatic rings. The molecule has 3 heteroatoms. The van der Waals surface area contributed by atoms with Crippen LogP contribution < -0.4 is 9.47 Å². The lowest BCUT2D eigenvalue weighted by Gasteiger charge is -2.18. The van der Waals surface area contributed by atoms with Gasteiger partial charge >= 0.3 is 0 Å². The molecule has 0 atom stereocenters. The van der Waals surface area contributed by atoms with Crippen molar-refractivity contribution in [3.05, 3.63) is 169 Å². The number of aliphatic hydroxyl groups excluding tert-OH is 1. The third-order valence-electron chi connectivity index (χ3n) is 8.83. The number of aliphatic hydroxyl groups is 1. The Balaban J connectivity index is 1.48. The normalized spacial score (nSPS) is 10.9. The molecule has 0 radical (unpaired) electrons. The predicted molar refractivity (Wildman–Crippen MR) is 198 cm³/mol. The van der Waals surface area contributed by atoms with Crippen molar-refractivity contribution in [3.8, 4) is 78.3 Å². The fraction of sp³-hybridized carbons (Fsp3) is 0.0667. The second-order valence-corrected chi connectivity index (χ2v) is 11.8. The molecule has 0 bridgehead atoms. The topological polar surface area (TPSA) is 38.7 Å². The summed E-state index contributed by atoms with van der Waals surface area (Å²) < 4.78 is 11.2. The van der Waals surface area contributed by atoms with Crippen LogP contribution >= 0.6 is 0 Å². The summed E-state index contributed by atoms with van der Waals surface area (Å²) in [5.74, 6) is 1.64. The summed E-state index contributed by atoms with van der Waals surface area (Å²) in [5, 5.41) is 9.91. The smallest absolute Gasteiger partial charge is 0.119 e. The van der Waals surface area contributed by atoms with Crippen molar-refractivity contribution in [1.29, 1.82) is 0 Å². The largest absolute Gasteiger partial charge is 0.497 e. The van der Waals surface area contributed by atoms with Crippen molar-refractivity contribution in [2.45, 2.75) is 6.61 Å². The SMILES string of the molecule is COc1cccc(-c2ccccc2-c2cc(-c3ccccc3-c3cccc(CO)c3)cc(-c3ccccc3-c3cccc(OC)c3)c2)c1. The summed E-state index contributed by atoms with van der Waals surface area (Å²) in [5.41, 5.74) is 14.2. The van der Waals surface area contributed by atoms with E-state index < -0.39 is 0 Å². The van der Waals surface area contributed by atoms with Gasteiger partial charge in [-0.15, -0.1) is 0 Å². The maximum absolute atomic E-state index is 9.91. The quantitative estimate of drug-likeness (QED) is 0.174. The van der Waals surface area contributed by atoms with Gasteiger partial charge in [0.1, 0.15) is 11.5 Å². The van der Waals surface area contributed by atoms with E-state index in [0.29, 0.717) is 0 Å². The van der Waals surface area contributed by atoms with Crippen LogP contribution in [-0.4, -0.2) is 19.3 Å². The number of hydrogen-bond donors (Lipinski definition) is 1. The van der Waals surface area contributed by atoms with Crippen LogP contribution in [0.15, 0.2) is 164 Å². The van der Waals surface area contributed by atoms with Crippen LogP contribution in [0, 0.1) is 0 Å². The van der Waals surface area contributed by atoms with Crippen molar-refractivity contribution >= 4 is 0 Å². The van der Waals surface area contributed by atoms with Crippen LogP contribution in [-0.2, 0) is 6.61 Å². The van der Waals surface area contributed by atoms with Gasteiger partial charge in [-0.1, -0.05) is 115 Å². The highest BCUT2D eigenvalue weighted by atomic mass is 16.5. The fourth-order valence-electron chi connectivity index (χ4n) is 6.47. The third kappa shape index (κ3) is 6.24. The highest BCUT2D eigenvalue weighted by molar-refractivity contribution is 5.94. The number of methoxy groups -OCH3 is 2. The van der Waals surface area contributed by atoms with Gasteiger partial charge in [0.15, 0.2) is 0 Å². The Morgan fingerprint density at radius 2 is 0.688 bits per heavy atom. The Labute approximate surface area is 282 Å². The molecule has 7 rings (SSSR count). The van der Waals surface area contributed by atoms with E-state index in [4.69, 9.17) is 9.47 Å². The van der Waals surface area contributed by atoms with Crippen molar-refractivity contribution < 1.29 is 14.6 Å². The molecule has 0 aromatic heterocycles. The number of rotatable bonds is 9. The van der Waals surface area contributed by atoms with Gasteiger partial charge in [-0.3, -0.25) is 0 Å². The highest BCUT2D eigenvalue weighted by Crippen LogP contribution is 2.42. The van der Waals surface area contributed by atoms with Gasteiger partial charge in [0.25, 0.3) is 0 Å². The van der Waals surface area contributed by atoms with Gasteiger partial charge in [-0.25, -0.2) is 0 Å². The molecule has 0 amide bonds. The maximum atomic E-state index is 9.91. The second-order valence-electron chi connectivity index (χ2n) is 11.8. The van der Waals surface area contributed by atoms with Gasteiger partial charge in [0.2, 0.25) is 0 Å². The number of hydrogen-bond acceptors (Lipinski definition) is 3. The van der Waals surface area contributed by atoms with Crippen LogP contribution in [0.25, 0.3) is 66.8 Å². The van der Waals surface area contributed by atoms with Crippen LogP contribution in [0.2, 0.25) is 0 Å². The molecule has 0 saturated carbocycles. The predicted octanol–water partition coefficient (Wildman–Crippen LogP) is 11.2. The van der Waals surface area contributed by atoms with E-state index in [9.17, 15) is 5.11 Å². The van der Waals surface area contributed by atoms with E-state index in [1.54, 1.807) is 14.2 Å². The number of ether oxygens (including phenoxy) is 2. The fourth-order valence-corrected chi connectivity index (χ4v) is 6.47. The van der Waals surface area contributed by atoms with Gasteiger partial charge < -0.3 is 14.6 Å². The van der Waals surface area contributed by atoms with E-state index >= 15 is 0 Å². The molecule has 1 N–H and O–H groups in total. The van der Waals surface area contributed by atoms with Crippen molar-refractivity contribution in [2.24, 2.45) is 0 Å². The molecule has 0 fully saturated rings. The van der Waals surface area contributed by atoms with Crippen molar-refractivity contribution in [1.82, 2.24) is 0 Å². The first-order valence-corrected chi connectivity index (χ1v) is 16.1. The Bertz CT molecular complexity index is 1950.